The number of ether oxygens (including phenoxy) is 2. The van der Waals surface area contributed by atoms with Gasteiger partial charge in [0, 0.05) is 18.9 Å². The zero-order valence-corrected chi connectivity index (χ0v) is 18.0. The smallest absolute Gasteiger partial charge is 0.351 e. The third-order valence-corrected chi connectivity index (χ3v) is 4.80. The zero-order valence-electron chi connectivity index (χ0n) is 18.0. The Bertz CT molecular complexity index is 1320. The molecule has 2 heterocycles. The fourth-order valence-electron chi connectivity index (χ4n) is 3.38. The van der Waals surface area contributed by atoms with Crippen LogP contribution in [0.3, 0.4) is 0 Å². The van der Waals surface area contributed by atoms with Crippen LogP contribution in [0.2, 0.25) is 0 Å². The molecule has 4 aromatic rings. The van der Waals surface area contributed by atoms with Crippen LogP contribution in [0.5, 0.6) is 17.4 Å². The van der Waals surface area contributed by atoms with Gasteiger partial charge in [-0.25, -0.2) is 18.9 Å². The van der Waals surface area contributed by atoms with Gasteiger partial charge in [0.1, 0.15) is 18.0 Å². The summed E-state index contributed by atoms with van der Waals surface area (Å²) in [6.07, 6.45) is 2.95. The second-order valence-electron chi connectivity index (χ2n) is 7.42. The Hall–Kier alpha value is -4.14. The highest BCUT2D eigenvalue weighted by Gasteiger charge is 2.16. The molecule has 0 unspecified atom stereocenters. The van der Waals surface area contributed by atoms with Crippen molar-refractivity contribution in [3.63, 3.8) is 0 Å². The lowest BCUT2D eigenvalue weighted by Crippen LogP contribution is -2.32. The predicted octanol–water partition coefficient (Wildman–Crippen LogP) is 2.63. The summed E-state index contributed by atoms with van der Waals surface area (Å²) in [7, 11) is 1.58. The standard InChI is InChI=1S/C23H23N5O4/c1-15-9-16(2)11-19(10-15)32-22-21-26-28(23(30)27(21)8-7-24-22)14-20(29)25-13-17-5-4-6-18(12-17)31-3/h4-12H,13-14H2,1-3H3,(H,25,29). The number of fused-ring (bicyclic) bond motifs is 1. The van der Waals surface area contributed by atoms with Gasteiger partial charge >= 0.3 is 5.69 Å². The molecule has 0 saturated heterocycles. The molecule has 0 radical (unpaired) electrons. The van der Waals surface area contributed by atoms with E-state index in [0.29, 0.717) is 18.0 Å². The van der Waals surface area contributed by atoms with Crippen molar-refractivity contribution in [1.29, 1.82) is 0 Å². The Balaban J connectivity index is 1.52. The van der Waals surface area contributed by atoms with Crippen molar-refractivity contribution in [3.05, 3.63) is 82.0 Å². The molecule has 0 aliphatic heterocycles. The lowest BCUT2D eigenvalue weighted by molar-refractivity contribution is -0.122. The zero-order chi connectivity index (χ0) is 22.7. The van der Waals surface area contributed by atoms with Crippen LogP contribution >= 0.6 is 0 Å². The van der Waals surface area contributed by atoms with E-state index in [4.69, 9.17) is 9.47 Å². The van der Waals surface area contributed by atoms with Gasteiger partial charge in [0.05, 0.1) is 7.11 Å². The number of hydrogen-bond acceptors (Lipinski definition) is 6. The lowest BCUT2D eigenvalue weighted by Gasteiger charge is -2.07. The molecule has 9 nitrogen and oxygen atoms in total. The Morgan fingerprint density at radius 3 is 2.62 bits per heavy atom. The molecule has 0 bridgehead atoms. The Labute approximate surface area is 184 Å². The summed E-state index contributed by atoms with van der Waals surface area (Å²) in [5.74, 6) is 1.14. The number of carbonyl (C=O) groups excluding carboxylic acids is 1. The number of aryl methyl sites for hydroxylation is 2. The number of aromatic nitrogens is 4. The molecule has 0 atom stereocenters. The fraction of sp³-hybridized carbons (Fsp3) is 0.217. The second kappa shape index (κ2) is 8.93. The maximum absolute atomic E-state index is 12.7. The van der Waals surface area contributed by atoms with E-state index < -0.39 is 5.69 Å². The fourth-order valence-corrected chi connectivity index (χ4v) is 3.38. The highest BCUT2D eigenvalue weighted by Crippen LogP contribution is 2.24. The average Bonchev–Trinajstić information content (AvgIpc) is 3.08. The summed E-state index contributed by atoms with van der Waals surface area (Å²) in [5, 5.41) is 7.06. The topological polar surface area (TPSA) is 99.8 Å². The van der Waals surface area contributed by atoms with Crippen molar-refractivity contribution in [1.82, 2.24) is 24.5 Å². The van der Waals surface area contributed by atoms with Gasteiger partial charge < -0.3 is 14.8 Å². The van der Waals surface area contributed by atoms with E-state index >= 15 is 0 Å². The van der Waals surface area contributed by atoms with E-state index in [9.17, 15) is 9.59 Å². The van der Waals surface area contributed by atoms with Gasteiger partial charge in [-0.2, -0.15) is 0 Å². The van der Waals surface area contributed by atoms with E-state index in [2.05, 4.69) is 15.4 Å². The van der Waals surface area contributed by atoms with Crippen LogP contribution < -0.4 is 20.5 Å². The number of carbonyl (C=O) groups is 1. The van der Waals surface area contributed by atoms with E-state index in [-0.39, 0.29) is 24.0 Å². The number of rotatable bonds is 7. The van der Waals surface area contributed by atoms with Gasteiger partial charge in [0.25, 0.3) is 5.88 Å². The van der Waals surface area contributed by atoms with Crippen molar-refractivity contribution in [2.75, 3.05) is 7.11 Å². The van der Waals surface area contributed by atoms with Gasteiger partial charge in [0.2, 0.25) is 11.6 Å². The molecule has 2 aromatic carbocycles. The van der Waals surface area contributed by atoms with E-state index in [0.717, 1.165) is 21.4 Å². The molecular formula is C23H23N5O4. The van der Waals surface area contributed by atoms with Crippen molar-refractivity contribution in [2.24, 2.45) is 0 Å². The third kappa shape index (κ3) is 4.61. The number of amides is 1. The summed E-state index contributed by atoms with van der Waals surface area (Å²) in [6, 6.07) is 13.2. The quantitative estimate of drug-likeness (QED) is 0.481. The first-order chi connectivity index (χ1) is 15.4. The molecule has 0 aliphatic carbocycles. The minimum atomic E-state index is -0.454. The van der Waals surface area contributed by atoms with Crippen LogP contribution in [-0.2, 0) is 17.9 Å². The van der Waals surface area contributed by atoms with Crippen molar-refractivity contribution < 1.29 is 14.3 Å². The molecule has 1 N–H and O–H groups in total. The first-order valence-electron chi connectivity index (χ1n) is 10.0. The largest absolute Gasteiger partial charge is 0.497 e. The van der Waals surface area contributed by atoms with Gasteiger partial charge in [-0.15, -0.1) is 5.10 Å². The van der Waals surface area contributed by atoms with Gasteiger partial charge in [-0.1, -0.05) is 18.2 Å². The second-order valence-corrected chi connectivity index (χ2v) is 7.42. The predicted molar refractivity (Wildman–Crippen MR) is 118 cm³/mol. The average molecular weight is 433 g/mol. The van der Waals surface area contributed by atoms with Crippen LogP contribution in [0.15, 0.2) is 59.7 Å². The lowest BCUT2D eigenvalue weighted by atomic mass is 10.1. The SMILES string of the molecule is COc1cccc(CNC(=O)Cn2nc3c(Oc4cc(C)cc(C)c4)nccn3c2=O)c1. The van der Waals surface area contributed by atoms with Gasteiger partial charge in [-0.3, -0.25) is 4.79 Å². The monoisotopic (exact) mass is 433 g/mol. The van der Waals surface area contributed by atoms with Gasteiger partial charge in [-0.05, 0) is 54.8 Å². The highest BCUT2D eigenvalue weighted by molar-refractivity contribution is 5.75. The molecule has 9 heteroatoms. The normalized spacial score (nSPS) is 10.8. The first-order valence-corrected chi connectivity index (χ1v) is 10.0. The number of nitrogens with zero attached hydrogens (tertiary/aromatic N) is 4. The van der Waals surface area contributed by atoms with Crippen LogP contribution in [0.25, 0.3) is 5.65 Å². The van der Waals surface area contributed by atoms with Gasteiger partial charge in [0.15, 0.2) is 0 Å². The molecular weight excluding hydrogens is 410 g/mol. The van der Waals surface area contributed by atoms with E-state index in [1.54, 1.807) is 7.11 Å². The van der Waals surface area contributed by atoms with Crippen LogP contribution in [0.4, 0.5) is 0 Å². The maximum Gasteiger partial charge on any atom is 0.351 e. The summed E-state index contributed by atoms with van der Waals surface area (Å²) in [5.41, 5.74) is 2.75. The number of methoxy groups -OCH3 is 1. The van der Waals surface area contributed by atoms with E-state index in [1.807, 2.05) is 56.3 Å². The minimum Gasteiger partial charge on any atom is -0.497 e. The summed E-state index contributed by atoms with van der Waals surface area (Å²) >= 11 is 0. The maximum atomic E-state index is 12.7. The minimum absolute atomic E-state index is 0.185. The Kier molecular flexibility index (Phi) is 5.89. The van der Waals surface area contributed by atoms with Crippen molar-refractivity contribution in [2.45, 2.75) is 26.9 Å². The molecule has 1 amide bonds. The third-order valence-electron chi connectivity index (χ3n) is 4.80. The molecule has 164 valence electrons. The molecule has 32 heavy (non-hydrogen) atoms. The van der Waals surface area contributed by atoms with Crippen molar-refractivity contribution in [3.8, 4) is 17.4 Å². The Morgan fingerprint density at radius 2 is 1.88 bits per heavy atom. The molecule has 0 saturated carbocycles. The highest BCUT2D eigenvalue weighted by atomic mass is 16.5. The van der Waals surface area contributed by atoms with E-state index in [1.165, 1.54) is 16.8 Å². The van der Waals surface area contributed by atoms with Crippen LogP contribution in [0.1, 0.15) is 16.7 Å². The number of hydrogen-bond donors (Lipinski definition) is 1. The number of benzene rings is 2. The molecule has 2 aromatic heterocycles. The summed E-state index contributed by atoms with van der Waals surface area (Å²) < 4.78 is 13.5. The summed E-state index contributed by atoms with van der Waals surface area (Å²) in [4.78, 5) is 29.4. The Morgan fingerprint density at radius 1 is 1.09 bits per heavy atom. The first kappa shape index (κ1) is 21.1. The van der Waals surface area contributed by atoms with Crippen LogP contribution in [0, 0.1) is 13.8 Å². The van der Waals surface area contributed by atoms with Crippen molar-refractivity contribution >= 4 is 11.6 Å². The molecule has 4 rings (SSSR count). The molecule has 0 fully saturated rings. The molecule has 0 spiro atoms. The summed E-state index contributed by atoms with van der Waals surface area (Å²) in [6.45, 7) is 4.02. The number of nitrogens with one attached hydrogen (secondary N) is 1. The van der Waals surface area contributed by atoms with Crippen LogP contribution in [-0.4, -0.2) is 32.2 Å². The molecule has 0 aliphatic rings.